The lowest BCUT2D eigenvalue weighted by Crippen LogP contribution is -2.54. The van der Waals surface area contributed by atoms with Crippen molar-refractivity contribution in [2.24, 2.45) is 11.3 Å². The van der Waals surface area contributed by atoms with Crippen LogP contribution in [0.1, 0.15) is 118 Å². The highest BCUT2D eigenvalue weighted by Crippen LogP contribution is 2.54. The van der Waals surface area contributed by atoms with Gasteiger partial charge in [0.15, 0.2) is 17.2 Å². The van der Waals surface area contributed by atoms with E-state index < -0.39 is 49.0 Å². The minimum Gasteiger partial charge on any atom is -0.489 e. The monoisotopic (exact) mass is 923 g/mol. The Morgan fingerprint density at radius 1 is 0.985 bits per heavy atom. The standard InChI is InChI=1S/C49H55F2N7O7S/c1-29(2)34-11-6-7-12-35(34)40-13-8-18-57(40)32-25-49(26-32)16-19-56(20-17-49)31-14-15-36(42(21-31)65-44-24-37-38(50)27-52-47(37)54-46(44)51)48(59)55-66(62,63)33-22-41(58(60)61)45-43(23-33)64-28-39(53-45)30-9-4-3-5-10-30/h6-7,11-12,14-15,21-24,27,29-30,32,39-40,53H,3-5,8-10,13,16-20,25-26,28H2,1-2H3,(H,52,54)(H,55,59)/t39-,40-/m1/s1. The van der Waals surface area contributed by atoms with Gasteiger partial charge in [0.2, 0.25) is 0 Å². The van der Waals surface area contributed by atoms with Gasteiger partial charge in [-0.25, -0.2) is 17.5 Å². The summed E-state index contributed by atoms with van der Waals surface area (Å²) in [6, 6.07) is 17.5. The van der Waals surface area contributed by atoms with Crippen LogP contribution < -0.4 is 24.4 Å². The zero-order valence-corrected chi connectivity index (χ0v) is 38.0. The highest BCUT2D eigenvalue weighted by molar-refractivity contribution is 7.90. The molecule has 17 heteroatoms. The van der Waals surface area contributed by atoms with E-state index in [2.05, 4.69) is 63.2 Å². The summed E-state index contributed by atoms with van der Waals surface area (Å²) in [5, 5.41) is 15.5. The van der Waals surface area contributed by atoms with Crippen LogP contribution in [0, 0.1) is 33.2 Å². The maximum atomic E-state index is 15.5. The molecule has 0 bridgehead atoms. The van der Waals surface area contributed by atoms with E-state index in [4.69, 9.17) is 9.47 Å². The molecule has 1 spiro atoms. The number of anilines is 2. The minimum absolute atomic E-state index is 0.0128. The zero-order valence-electron chi connectivity index (χ0n) is 37.2. The van der Waals surface area contributed by atoms with Crippen LogP contribution in [0.2, 0.25) is 0 Å². The van der Waals surface area contributed by atoms with Crippen LogP contribution in [0.3, 0.4) is 0 Å². The van der Waals surface area contributed by atoms with Crippen molar-refractivity contribution in [3.8, 4) is 17.2 Å². The van der Waals surface area contributed by atoms with Gasteiger partial charge in [0, 0.05) is 55.3 Å². The predicted octanol–water partition coefficient (Wildman–Crippen LogP) is 10.1. The van der Waals surface area contributed by atoms with E-state index in [0.717, 1.165) is 102 Å². The Balaban J connectivity index is 0.880. The van der Waals surface area contributed by atoms with Crippen molar-refractivity contribution in [3.05, 3.63) is 105 Å². The summed E-state index contributed by atoms with van der Waals surface area (Å²) in [4.78, 5) is 36.4. The minimum atomic E-state index is -4.75. The van der Waals surface area contributed by atoms with Crippen molar-refractivity contribution >= 4 is 44.0 Å². The molecule has 5 aliphatic rings. The number of ether oxygens (including phenoxy) is 2. The van der Waals surface area contributed by atoms with Gasteiger partial charge in [-0.1, -0.05) is 57.4 Å². The molecule has 3 aliphatic heterocycles. The average molecular weight is 924 g/mol. The number of aromatic amines is 1. The molecule has 10 rings (SSSR count). The number of benzene rings is 3. The number of nitro groups is 1. The van der Waals surface area contributed by atoms with Crippen molar-refractivity contribution in [2.75, 3.05) is 36.5 Å². The number of aromatic nitrogens is 2. The number of fused-ring (bicyclic) bond motifs is 2. The van der Waals surface area contributed by atoms with E-state index in [-0.39, 0.29) is 57.8 Å². The number of nitro benzene ring substituents is 1. The summed E-state index contributed by atoms with van der Waals surface area (Å²) in [6.07, 6.45) is 12.7. The number of pyridine rings is 1. The van der Waals surface area contributed by atoms with Gasteiger partial charge in [-0.3, -0.25) is 19.8 Å². The fourth-order valence-corrected chi connectivity index (χ4v) is 12.4. The molecule has 5 aromatic rings. The largest absolute Gasteiger partial charge is 0.489 e. The van der Waals surface area contributed by atoms with Gasteiger partial charge in [0.1, 0.15) is 23.8 Å². The van der Waals surface area contributed by atoms with E-state index in [0.29, 0.717) is 23.7 Å². The summed E-state index contributed by atoms with van der Waals surface area (Å²) in [5.41, 5.74) is 3.05. The number of likely N-dealkylation sites (tertiary alicyclic amines) is 1. The van der Waals surface area contributed by atoms with Crippen LogP contribution in [-0.4, -0.2) is 72.4 Å². The first-order valence-corrected chi connectivity index (χ1v) is 24.8. The van der Waals surface area contributed by atoms with Gasteiger partial charge in [-0.15, -0.1) is 0 Å². The van der Waals surface area contributed by atoms with E-state index in [9.17, 15) is 27.7 Å². The van der Waals surface area contributed by atoms with E-state index >= 15 is 4.39 Å². The molecule has 0 unspecified atom stereocenters. The lowest BCUT2D eigenvalue weighted by molar-refractivity contribution is -0.384. The lowest BCUT2D eigenvalue weighted by Gasteiger charge is -2.56. The first-order valence-electron chi connectivity index (χ1n) is 23.3. The van der Waals surface area contributed by atoms with Crippen molar-refractivity contribution in [1.29, 1.82) is 0 Å². The van der Waals surface area contributed by atoms with Gasteiger partial charge >= 0.3 is 0 Å². The SMILES string of the molecule is CC(C)c1ccccc1[C@H]1CCCN1C1CC2(CCN(c3ccc(C(=O)NS(=O)(=O)c4cc5c(c([N+](=O)[O-])c4)N[C@@H](C4CCCCC4)CO5)c(Oc4cc5c(F)c[nH]c5nc4F)c3)CC2)C1. The van der Waals surface area contributed by atoms with Crippen molar-refractivity contribution in [3.63, 3.8) is 0 Å². The molecule has 2 saturated heterocycles. The second-order valence-corrected chi connectivity index (χ2v) is 21.0. The Morgan fingerprint density at radius 2 is 1.76 bits per heavy atom. The summed E-state index contributed by atoms with van der Waals surface area (Å²) in [7, 11) is -4.75. The molecule has 66 heavy (non-hydrogen) atoms. The highest BCUT2D eigenvalue weighted by Gasteiger charge is 2.50. The number of carbonyl (C=O) groups excluding carboxylic acids is 1. The highest BCUT2D eigenvalue weighted by atomic mass is 32.2. The van der Waals surface area contributed by atoms with Crippen LogP contribution in [-0.2, 0) is 10.0 Å². The number of nitrogens with one attached hydrogen (secondary N) is 3. The van der Waals surface area contributed by atoms with Gasteiger partial charge < -0.3 is 24.7 Å². The molecular weight excluding hydrogens is 869 g/mol. The Kier molecular flexibility index (Phi) is 11.6. The predicted molar refractivity (Wildman–Crippen MR) is 246 cm³/mol. The number of piperidine rings is 1. The number of hydrogen-bond acceptors (Lipinski definition) is 11. The smallest absolute Gasteiger partial charge is 0.297 e. The molecule has 348 valence electrons. The molecule has 2 atom stereocenters. The molecular formula is C49H55F2N7O7S. The zero-order chi connectivity index (χ0) is 45.9. The second-order valence-electron chi connectivity index (χ2n) is 19.3. The number of nitrogens with zero attached hydrogens (tertiary/aromatic N) is 4. The number of hydrogen-bond donors (Lipinski definition) is 3. The Bertz CT molecular complexity index is 2800. The Morgan fingerprint density at radius 3 is 2.52 bits per heavy atom. The van der Waals surface area contributed by atoms with Crippen LogP contribution in [0.5, 0.6) is 17.2 Å². The number of H-pyrrole nitrogens is 1. The van der Waals surface area contributed by atoms with Crippen LogP contribution >= 0.6 is 0 Å². The summed E-state index contributed by atoms with van der Waals surface area (Å²) in [6.45, 7) is 7.27. The maximum Gasteiger partial charge on any atom is 0.297 e. The first kappa shape index (κ1) is 44.0. The van der Waals surface area contributed by atoms with Crippen LogP contribution in [0.15, 0.2) is 71.8 Å². The molecule has 3 aromatic carbocycles. The molecule has 3 N–H and O–H groups in total. The van der Waals surface area contributed by atoms with E-state index in [1.165, 1.54) is 30.0 Å². The topological polar surface area (TPSA) is 172 Å². The number of sulfonamides is 1. The van der Waals surface area contributed by atoms with Crippen molar-refractivity contribution in [2.45, 2.75) is 113 Å². The normalized spacial score (nSPS) is 21.3. The average Bonchev–Trinajstić information content (AvgIpc) is 3.94. The molecule has 2 aliphatic carbocycles. The third kappa shape index (κ3) is 8.33. The third-order valence-electron chi connectivity index (χ3n) is 15.0. The van der Waals surface area contributed by atoms with Gasteiger partial charge in [-0.05, 0) is 104 Å². The molecule has 4 fully saturated rings. The first-order chi connectivity index (χ1) is 31.8. The van der Waals surface area contributed by atoms with Crippen LogP contribution in [0.25, 0.3) is 11.0 Å². The summed E-state index contributed by atoms with van der Waals surface area (Å²) in [5.74, 6) is -2.87. The molecule has 2 saturated carbocycles. The van der Waals surface area contributed by atoms with Gasteiger partial charge in [-0.2, -0.15) is 9.37 Å². The quantitative estimate of drug-likeness (QED) is 0.0654. The van der Waals surface area contributed by atoms with Crippen molar-refractivity contribution < 1.29 is 36.4 Å². The molecule has 5 heterocycles. The Hall–Kier alpha value is -5.81. The molecule has 1 amide bonds. The third-order valence-corrected chi connectivity index (χ3v) is 16.3. The van der Waals surface area contributed by atoms with Gasteiger partial charge in [0.05, 0.1) is 26.8 Å². The number of rotatable bonds is 11. The molecule has 2 aromatic heterocycles. The fourth-order valence-electron chi connectivity index (χ4n) is 11.4. The van der Waals surface area contributed by atoms with Crippen LogP contribution in [0.4, 0.5) is 25.8 Å². The number of carbonyl (C=O) groups is 1. The number of halogens is 2. The number of amides is 1. The molecule has 0 radical (unpaired) electrons. The van der Waals surface area contributed by atoms with Gasteiger partial charge in [0.25, 0.3) is 27.6 Å². The van der Waals surface area contributed by atoms with E-state index in [1.54, 1.807) is 12.1 Å². The molecule has 14 nitrogen and oxygen atoms in total. The summed E-state index contributed by atoms with van der Waals surface area (Å²) >= 11 is 0. The van der Waals surface area contributed by atoms with E-state index in [1.807, 2.05) is 4.72 Å². The summed E-state index contributed by atoms with van der Waals surface area (Å²) < 4.78 is 71.9. The maximum absolute atomic E-state index is 15.5. The second kappa shape index (κ2) is 17.4. The fraction of sp³-hybridized carbons (Fsp3) is 0.469. The Labute approximate surface area is 382 Å². The van der Waals surface area contributed by atoms with Crippen molar-refractivity contribution in [1.82, 2.24) is 19.6 Å². The lowest BCUT2D eigenvalue weighted by atomic mass is 9.59.